The molecule has 0 N–H and O–H groups in total. The molecule has 0 radical (unpaired) electrons. The molecule has 0 spiro atoms. The van der Waals surface area contributed by atoms with Gasteiger partial charge in [-0.15, -0.1) is 0 Å². The molecular weight excluding hydrogens is 462 g/mol. The summed E-state index contributed by atoms with van der Waals surface area (Å²) in [5, 5.41) is 0. The Hall–Kier alpha value is -2.84. The van der Waals surface area contributed by atoms with Crippen LogP contribution in [-0.2, 0) is 23.8 Å². The first-order valence-corrected chi connectivity index (χ1v) is 12.5. The van der Waals surface area contributed by atoms with E-state index in [-0.39, 0.29) is 42.2 Å². The van der Waals surface area contributed by atoms with Crippen molar-refractivity contribution >= 4 is 18.0 Å². The summed E-state index contributed by atoms with van der Waals surface area (Å²) in [5.41, 5.74) is 1.45. The van der Waals surface area contributed by atoms with Gasteiger partial charge in [0.25, 0.3) is 0 Å². The molecule has 196 valence electrons. The Morgan fingerprint density at radius 2 is 1.94 bits per heavy atom. The van der Waals surface area contributed by atoms with Crippen LogP contribution < -0.4 is 9.47 Å². The van der Waals surface area contributed by atoms with Crippen LogP contribution in [0.1, 0.15) is 38.2 Å². The first-order valence-electron chi connectivity index (χ1n) is 12.5. The zero-order valence-electron chi connectivity index (χ0n) is 21.8. The molecule has 36 heavy (non-hydrogen) atoms. The Bertz CT molecular complexity index is 1010. The average molecular weight is 500 g/mol. The second-order valence-corrected chi connectivity index (χ2v) is 10.2. The SMILES string of the molecule is COc1cccc(OC)c1/C=C/C(=O)OC/C1=C/CC[C@@]2(C)O[C@H]2[C@H]2OC(=O)[C@@H](CN(C)C)[C@@H]2CC1. The number of carbonyl (C=O) groups excluding carboxylic acids is 2. The monoisotopic (exact) mass is 499 g/mol. The highest BCUT2D eigenvalue weighted by molar-refractivity contribution is 5.88. The third-order valence-corrected chi connectivity index (χ3v) is 7.42. The predicted octanol–water partition coefficient (Wildman–Crippen LogP) is 3.64. The highest BCUT2D eigenvalue weighted by atomic mass is 16.6. The zero-order valence-corrected chi connectivity index (χ0v) is 21.8. The van der Waals surface area contributed by atoms with Crippen LogP contribution in [-0.4, -0.2) is 76.1 Å². The first kappa shape index (κ1) is 26.2. The number of benzene rings is 1. The van der Waals surface area contributed by atoms with Crippen LogP contribution in [0.5, 0.6) is 11.5 Å². The van der Waals surface area contributed by atoms with Crippen molar-refractivity contribution in [2.75, 3.05) is 41.5 Å². The van der Waals surface area contributed by atoms with E-state index < -0.39 is 5.97 Å². The topological polar surface area (TPSA) is 86.8 Å². The fraction of sp³-hybridized carbons (Fsp3) is 0.571. The zero-order chi connectivity index (χ0) is 25.9. The third-order valence-electron chi connectivity index (χ3n) is 7.42. The Labute approximate surface area is 213 Å². The lowest BCUT2D eigenvalue weighted by atomic mass is 9.80. The second-order valence-electron chi connectivity index (χ2n) is 10.2. The molecule has 4 rings (SSSR count). The van der Waals surface area contributed by atoms with Crippen molar-refractivity contribution < 1.29 is 33.3 Å². The number of hydrogen-bond donors (Lipinski definition) is 0. The third kappa shape index (κ3) is 5.76. The normalized spacial score (nSPS) is 31.2. The standard InChI is InChI=1S/C28H37NO7/c1-28-15-7-8-18(11-12-19-21(16-29(2)3)27(31)35-25(19)26(28)36-28)17-34-24(30)14-13-20-22(32-4)9-6-10-23(20)33-5/h6,8-10,13-14,19,21,25-26H,7,11-12,15-17H2,1-5H3/b14-13+,18-8+/t19-,21-,25-,26-,28+/m0/s1. The van der Waals surface area contributed by atoms with E-state index in [0.29, 0.717) is 23.6 Å². The molecule has 2 saturated heterocycles. The maximum Gasteiger partial charge on any atom is 0.331 e. The number of allylic oxidation sites excluding steroid dienone is 1. The summed E-state index contributed by atoms with van der Waals surface area (Å²) in [6, 6.07) is 5.44. The lowest BCUT2D eigenvalue weighted by Gasteiger charge is -2.24. The first-order chi connectivity index (χ1) is 17.3. The summed E-state index contributed by atoms with van der Waals surface area (Å²) in [6.45, 7) is 2.94. The molecule has 0 amide bonds. The summed E-state index contributed by atoms with van der Waals surface area (Å²) >= 11 is 0. The molecule has 3 aliphatic rings. The molecule has 8 nitrogen and oxygen atoms in total. The highest BCUT2D eigenvalue weighted by Crippen LogP contribution is 2.50. The number of epoxide rings is 1. The van der Waals surface area contributed by atoms with E-state index in [2.05, 4.69) is 13.0 Å². The van der Waals surface area contributed by atoms with Gasteiger partial charge >= 0.3 is 11.9 Å². The summed E-state index contributed by atoms with van der Waals surface area (Å²) in [7, 11) is 7.08. The molecule has 0 bridgehead atoms. The number of ether oxygens (including phenoxy) is 5. The molecule has 0 saturated carbocycles. The summed E-state index contributed by atoms with van der Waals surface area (Å²) in [5.74, 6) is 0.531. The van der Waals surface area contributed by atoms with Gasteiger partial charge in [0.2, 0.25) is 0 Å². The van der Waals surface area contributed by atoms with E-state index in [9.17, 15) is 9.59 Å². The summed E-state index contributed by atoms with van der Waals surface area (Å²) in [6.07, 6.45) is 8.11. The number of rotatable bonds is 8. The summed E-state index contributed by atoms with van der Waals surface area (Å²) in [4.78, 5) is 27.3. The maximum absolute atomic E-state index is 12.7. The van der Waals surface area contributed by atoms with Crippen LogP contribution in [0.25, 0.3) is 6.08 Å². The molecule has 5 atom stereocenters. The number of fused-ring (bicyclic) bond motifs is 3. The van der Waals surface area contributed by atoms with E-state index in [1.165, 1.54) is 6.08 Å². The Morgan fingerprint density at radius 3 is 2.61 bits per heavy atom. The van der Waals surface area contributed by atoms with Gasteiger partial charge in [-0.3, -0.25) is 4.79 Å². The average Bonchev–Trinajstić information content (AvgIpc) is 3.43. The minimum absolute atomic E-state index is 0.0384. The predicted molar refractivity (Wildman–Crippen MR) is 135 cm³/mol. The van der Waals surface area contributed by atoms with E-state index in [0.717, 1.165) is 31.3 Å². The molecule has 0 unspecified atom stereocenters. The number of methoxy groups -OCH3 is 2. The minimum atomic E-state index is -0.443. The lowest BCUT2D eigenvalue weighted by molar-refractivity contribution is -0.145. The molecule has 1 aromatic rings. The van der Waals surface area contributed by atoms with Gasteiger partial charge < -0.3 is 28.6 Å². The molecule has 0 aromatic heterocycles. The van der Waals surface area contributed by atoms with Gasteiger partial charge in [0.15, 0.2) is 0 Å². The van der Waals surface area contributed by atoms with Crippen molar-refractivity contribution in [3.63, 3.8) is 0 Å². The van der Waals surface area contributed by atoms with Crippen LogP contribution in [0.3, 0.4) is 0 Å². The molecule has 8 heteroatoms. The van der Waals surface area contributed by atoms with Crippen molar-refractivity contribution in [1.82, 2.24) is 4.90 Å². The van der Waals surface area contributed by atoms with Crippen molar-refractivity contribution in [1.29, 1.82) is 0 Å². The van der Waals surface area contributed by atoms with E-state index in [4.69, 9.17) is 23.7 Å². The van der Waals surface area contributed by atoms with Crippen molar-refractivity contribution in [3.8, 4) is 11.5 Å². The summed E-state index contributed by atoms with van der Waals surface area (Å²) < 4.78 is 28.3. The van der Waals surface area contributed by atoms with Crippen LogP contribution in [0.2, 0.25) is 0 Å². The van der Waals surface area contributed by atoms with E-state index in [1.807, 2.05) is 25.1 Å². The van der Waals surface area contributed by atoms with Crippen LogP contribution >= 0.6 is 0 Å². The van der Waals surface area contributed by atoms with Crippen molar-refractivity contribution in [3.05, 3.63) is 41.5 Å². The van der Waals surface area contributed by atoms with Gasteiger partial charge in [-0.25, -0.2) is 4.79 Å². The molecule has 2 fully saturated rings. The maximum atomic E-state index is 12.7. The number of hydrogen-bond acceptors (Lipinski definition) is 8. The van der Waals surface area contributed by atoms with Crippen LogP contribution in [0, 0.1) is 11.8 Å². The molecule has 1 aliphatic carbocycles. The number of carbonyl (C=O) groups is 2. The second kappa shape index (κ2) is 11.0. The Morgan fingerprint density at radius 1 is 1.22 bits per heavy atom. The quantitative estimate of drug-likeness (QED) is 0.232. The van der Waals surface area contributed by atoms with Crippen molar-refractivity contribution in [2.45, 2.75) is 50.4 Å². The molecule has 2 heterocycles. The van der Waals surface area contributed by atoms with Crippen molar-refractivity contribution in [2.24, 2.45) is 11.8 Å². The smallest absolute Gasteiger partial charge is 0.331 e. The Balaban J connectivity index is 1.42. The van der Waals surface area contributed by atoms with Gasteiger partial charge in [-0.2, -0.15) is 0 Å². The van der Waals surface area contributed by atoms with Crippen LogP contribution in [0.15, 0.2) is 35.9 Å². The van der Waals surface area contributed by atoms with Gasteiger partial charge in [0.1, 0.15) is 30.3 Å². The van der Waals surface area contributed by atoms with Gasteiger partial charge in [-0.05, 0) is 70.5 Å². The lowest BCUT2D eigenvalue weighted by Crippen LogP contribution is -2.34. The highest BCUT2D eigenvalue weighted by Gasteiger charge is 2.62. The molecule has 2 aliphatic heterocycles. The van der Waals surface area contributed by atoms with Gasteiger partial charge in [-0.1, -0.05) is 12.1 Å². The molecular formula is C28H37NO7. The molecule has 1 aromatic carbocycles. The number of nitrogens with zero attached hydrogens (tertiary/aromatic N) is 1. The van der Waals surface area contributed by atoms with Gasteiger partial charge in [0, 0.05) is 18.5 Å². The van der Waals surface area contributed by atoms with Gasteiger partial charge in [0.05, 0.1) is 31.3 Å². The van der Waals surface area contributed by atoms with E-state index in [1.54, 1.807) is 32.4 Å². The number of esters is 2. The fourth-order valence-electron chi connectivity index (χ4n) is 5.40. The fourth-order valence-corrected chi connectivity index (χ4v) is 5.40. The Kier molecular flexibility index (Phi) is 8.05. The minimum Gasteiger partial charge on any atom is -0.496 e. The van der Waals surface area contributed by atoms with E-state index >= 15 is 0 Å². The van der Waals surface area contributed by atoms with Crippen LogP contribution in [0.4, 0.5) is 0 Å². The largest absolute Gasteiger partial charge is 0.496 e.